The van der Waals surface area contributed by atoms with E-state index in [9.17, 15) is 9.18 Å². The van der Waals surface area contributed by atoms with Crippen molar-refractivity contribution in [2.45, 2.75) is 19.8 Å². The monoisotopic (exact) mass is 450 g/mol. The van der Waals surface area contributed by atoms with Crippen molar-refractivity contribution in [1.29, 1.82) is 0 Å². The topological polar surface area (TPSA) is 84.7 Å². The number of halogens is 2. The number of aromatic nitrogens is 4. The number of imidazole rings is 1. The molecule has 0 spiro atoms. The Bertz CT molecular complexity index is 1230. The molecule has 32 heavy (non-hydrogen) atoms. The van der Waals surface area contributed by atoms with E-state index >= 15 is 0 Å². The van der Waals surface area contributed by atoms with Crippen LogP contribution in [0.3, 0.4) is 0 Å². The molecule has 2 aromatic heterocycles. The van der Waals surface area contributed by atoms with E-state index in [1.54, 1.807) is 35.3 Å². The van der Waals surface area contributed by atoms with Gasteiger partial charge in [-0.3, -0.25) is 9.36 Å². The number of nitrogens with one attached hydrogen (secondary N) is 2. The summed E-state index contributed by atoms with van der Waals surface area (Å²) in [5, 5.41) is 6.16. The van der Waals surface area contributed by atoms with Crippen LogP contribution < -0.4 is 10.6 Å². The van der Waals surface area contributed by atoms with Gasteiger partial charge in [0, 0.05) is 36.3 Å². The summed E-state index contributed by atoms with van der Waals surface area (Å²) in [6, 6.07) is 13.6. The van der Waals surface area contributed by atoms with E-state index in [0.717, 1.165) is 11.3 Å². The molecule has 0 radical (unpaired) electrons. The van der Waals surface area contributed by atoms with E-state index < -0.39 is 5.82 Å². The first kappa shape index (κ1) is 21.5. The summed E-state index contributed by atoms with van der Waals surface area (Å²) in [5.74, 6) is 1.39. The summed E-state index contributed by atoms with van der Waals surface area (Å²) >= 11 is 5.78. The maximum Gasteiger partial charge on any atom is 0.224 e. The molecule has 162 valence electrons. The molecule has 9 heteroatoms. The maximum atomic E-state index is 13.2. The van der Waals surface area contributed by atoms with Gasteiger partial charge in [-0.2, -0.15) is 0 Å². The number of nitrogens with zero attached hydrogens (tertiary/aromatic N) is 4. The molecule has 4 rings (SSSR count). The number of hydrogen-bond donors (Lipinski definition) is 2. The second kappa shape index (κ2) is 9.57. The van der Waals surface area contributed by atoms with Crippen molar-refractivity contribution in [1.82, 2.24) is 19.5 Å². The molecule has 2 aromatic carbocycles. The Balaban J connectivity index is 1.35. The average molecular weight is 451 g/mol. The number of amides is 1. The van der Waals surface area contributed by atoms with Crippen LogP contribution in [0.5, 0.6) is 0 Å². The molecule has 0 saturated heterocycles. The zero-order valence-corrected chi connectivity index (χ0v) is 18.0. The molecule has 0 aliphatic rings. The summed E-state index contributed by atoms with van der Waals surface area (Å²) in [7, 11) is 0. The van der Waals surface area contributed by atoms with Crippen LogP contribution in [-0.2, 0) is 11.2 Å². The van der Waals surface area contributed by atoms with E-state index in [0.29, 0.717) is 29.6 Å². The largest absolute Gasteiger partial charge is 0.340 e. The van der Waals surface area contributed by atoms with Gasteiger partial charge in [0.2, 0.25) is 5.91 Å². The minimum atomic E-state index is -0.469. The van der Waals surface area contributed by atoms with Crippen molar-refractivity contribution in [3.63, 3.8) is 0 Å². The smallest absolute Gasteiger partial charge is 0.224 e. The number of rotatable bonds is 7. The Kier molecular flexibility index (Phi) is 6.42. The van der Waals surface area contributed by atoms with Crippen LogP contribution >= 0.6 is 11.6 Å². The highest BCUT2D eigenvalue weighted by molar-refractivity contribution is 6.30. The highest BCUT2D eigenvalue weighted by Gasteiger charge is 2.07. The SMILES string of the molecule is Cc1nc(Nc2ccc(NC(=O)CCc3ccc(F)c(Cl)c3)cc2)cc(-n2ccnc2)n1. The third-order valence-electron chi connectivity index (χ3n) is 4.66. The first-order valence-electron chi connectivity index (χ1n) is 9.91. The average Bonchev–Trinajstić information content (AvgIpc) is 3.31. The van der Waals surface area contributed by atoms with Gasteiger partial charge < -0.3 is 10.6 Å². The molecule has 0 bridgehead atoms. The lowest BCUT2D eigenvalue weighted by Crippen LogP contribution is -2.12. The third kappa shape index (κ3) is 5.47. The van der Waals surface area contributed by atoms with Crippen molar-refractivity contribution in [2.75, 3.05) is 10.6 Å². The number of carbonyl (C=O) groups excluding carboxylic acids is 1. The molecule has 0 atom stereocenters. The van der Waals surface area contributed by atoms with Crippen molar-refractivity contribution < 1.29 is 9.18 Å². The Morgan fingerprint density at radius 2 is 1.88 bits per heavy atom. The summed E-state index contributed by atoms with van der Waals surface area (Å²) in [5.41, 5.74) is 2.30. The fraction of sp³-hybridized carbons (Fsp3) is 0.130. The number of hydrogen-bond acceptors (Lipinski definition) is 5. The van der Waals surface area contributed by atoms with Gasteiger partial charge in [-0.1, -0.05) is 17.7 Å². The zero-order valence-electron chi connectivity index (χ0n) is 17.2. The molecule has 0 unspecified atom stereocenters. The lowest BCUT2D eigenvalue weighted by atomic mass is 10.1. The molecule has 0 saturated carbocycles. The van der Waals surface area contributed by atoms with E-state index in [1.165, 1.54) is 12.1 Å². The Labute approximate surface area is 189 Å². The second-order valence-corrected chi connectivity index (χ2v) is 7.53. The van der Waals surface area contributed by atoms with E-state index in [4.69, 9.17) is 11.6 Å². The van der Waals surface area contributed by atoms with Crippen LogP contribution in [-0.4, -0.2) is 25.4 Å². The van der Waals surface area contributed by atoms with Gasteiger partial charge in [0.05, 0.1) is 5.02 Å². The van der Waals surface area contributed by atoms with Gasteiger partial charge in [-0.25, -0.2) is 19.3 Å². The standard InChI is InChI=1S/C23H20ClFN6O/c1-15-27-21(13-22(28-15)31-11-10-26-14-31)29-17-4-6-18(7-5-17)30-23(32)9-3-16-2-8-20(25)19(24)12-16/h2,4-8,10-14H,3,9H2,1H3,(H,30,32)(H,27,28,29). The molecule has 4 aromatic rings. The van der Waals surface area contributed by atoms with Crippen LogP contribution in [0.25, 0.3) is 5.82 Å². The van der Waals surface area contributed by atoms with E-state index in [1.807, 2.05) is 31.3 Å². The predicted octanol–water partition coefficient (Wildman–Crippen LogP) is 5.08. The fourth-order valence-corrected chi connectivity index (χ4v) is 3.31. The highest BCUT2D eigenvalue weighted by Crippen LogP contribution is 2.20. The Morgan fingerprint density at radius 1 is 1.09 bits per heavy atom. The summed E-state index contributed by atoms with van der Waals surface area (Å²) in [6.45, 7) is 1.82. The van der Waals surface area contributed by atoms with Crippen LogP contribution in [0.15, 0.2) is 67.3 Å². The molecule has 1 amide bonds. The number of carbonyl (C=O) groups is 1. The molecule has 0 aliphatic carbocycles. The summed E-state index contributed by atoms with van der Waals surface area (Å²) in [6.07, 6.45) is 5.91. The molecule has 2 heterocycles. The zero-order chi connectivity index (χ0) is 22.5. The summed E-state index contributed by atoms with van der Waals surface area (Å²) < 4.78 is 15.0. The molecular formula is C23H20ClFN6O. The highest BCUT2D eigenvalue weighted by atomic mass is 35.5. The number of aryl methyl sites for hydroxylation is 2. The van der Waals surface area contributed by atoms with Crippen molar-refractivity contribution >= 4 is 34.7 Å². The van der Waals surface area contributed by atoms with Crippen molar-refractivity contribution in [3.8, 4) is 5.82 Å². The van der Waals surface area contributed by atoms with Gasteiger partial charge in [-0.15, -0.1) is 0 Å². The second-order valence-electron chi connectivity index (χ2n) is 7.13. The number of anilines is 3. The Morgan fingerprint density at radius 3 is 2.59 bits per heavy atom. The van der Waals surface area contributed by atoms with Crippen LogP contribution in [0.2, 0.25) is 5.02 Å². The Hall–Kier alpha value is -3.78. The molecular weight excluding hydrogens is 431 g/mol. The maximum absolute atomic E-state index is 13.2. The molecule has 0 aliphatic heterocycles. The van der Waals surface area contributed by atoms with Gasteiger partial charge in [0.1, 0.15) is 29.6 Å². The van der Waals surface area contributed by atoms with Gasteiger partial charge in [0.25, 0.3) is 0 Å². The molecule has 2 N–H and O–H groups in total. The van der Waals surface area contributed by atoms with Crippen LogP contribution in [0, 0.1) is 12.7 Å². The first-order chi connectivity index (χ1) is 15.5. The normalized spacial score (nSPS) is 10.7. The quantitative estimate of drug-likeness (QED) is 0.410. The van der Waals surface area contributed by atoms with Crippen molar-refractivity contribution in [3.05, 3.63) is 89.5 Å². The number of benzene rings is 2. The minimum absolute atomic E-state index is 0.0574. The molecule has 7 nitrogen and oxygen atoms in total. The van der Waals surface area contributed by atoms with E-state index in [-0.39, 0.29) is 17.4 Å². The van der Waals surface area contributed by atoms with Gasteiger partial charge in [-0.05, 0) is 55.3 Å². The lowest BCUT2D eigenvalue weighted by Gasteiger charge is -2.10. The van der Waals surface area contributed by atoms with Gasteiger partial charge >= 0.3 is 0 Å². The third-order valence-corrected chi connectivity index (χ3v) is 4.95. The fourth-order valence-electron chi connectivity index (χ4n) is 3.10. The van der Waals surface area contributed by atoms with Crippen LogP contribution in [0.1, 0.15) is 17.8 Å². The predicted molar refractivity (Wildman–Crippen MR) is 122 cm³/mol. The van der Waals surface area contributed by atoms with E-state index in [2.05, 4.69) is 25.6 Å². The van der Waals surface area contributed by atoms with Crippen molar-refractivity contribution in [2.24, 2.45) is 0 Å². The van der Waals surface area contributed by atoms with Crippen LogP contribution in [0.4, 0.5) is 21.6 Å². The van der Waals surface area contributed by atoms with Gasteiger partial charge in [0.15, 0.2) is 0 Å². The first-order valence-corrected chi connectivity index (χ1v) is 10.3. The molecule has 0 fully saturated rings. The minimum Gasteiger partial charge on any atom is -0.340 e. The lowest BCUT2D eigenvalue weighted by molar-refractivity contribution is -0.116. The summed E-state index contributed by atoms with van der Waals surface area (Å²) in [4.78, 5) is 25.1.